The summed E-state index contributed by atoms with van der Waals surface area (Å²) in [4.78, 5) is 15.5. The number of nitrogens with zero attached hydrogens (tertiary/aromatic N) is 2. The van der Waals surface area contributed by atoms with E-state index in [1.54, 1.807) is 11.8 Å². The smallest absolute Gasteiger partial charge is 0.409 e. The minimum Gasteiger partial charge on any atom is -0.454 e. The van der Waals surface area contributed by atoms with Gasteiger partial charge in [0, 0.05) is 32.7 Å². The molecule has 8 heteroatoms. The Kier molecular flexibility index (Phi) is 6.54. The van der Waals surface area contributed by atoms with E-state index in [1.807, 2.05) is 18.2 Å². The van der Waals surface area contributed by atoms with Crippen LogP contribution in [0.3, 0.4) is 0 Å². The molecule has 1 amide bonds. The number of carbonyl (C=O) groups is 1. The largest absolute Gasteiger partial charge is 0.454 e. The van der Waals surface area contributed by atoms with Crippen LogP contribution in [0.25, 0.3) is 0 Å². The number of aliphatic hydroxyl groups excluding tert-OH is 1. The Morgan fingerprint density at radius 1 is 1.23 bits per heavy atom. The first kappa shape index (κ1) is 18.8. The first-order valence-corrected chi connectivity index (χ1v) is 8.94. The molecule has 26 heavy (non-hydrogen) atoms. The van der Waals surface area contributed by atoms with Gasteiger partial charge < -0.3 is 29.0 Å². The molecule has 1 aromatic carbocycles. The van der Waals surface area contributed by atoms with E-state index < -0.39 is 6.10 Å². The van der Waals surface area contributed by atoms with Gasteiger partial charge >= 0.3 is 6.09 Å². The van der Waals surface area contributed by atoms with Gasteiger partial charge in [0.05, 0.1) is 25.9 Å². The molecule has 2 aliphatic rings. The van der Waals surface area contributed by atoms with Crippen molar-refractivity contribution in [1.82, 2.24) is 9.80 Å². The third-order valence-corrected chi connectivity index (χ3v) is 4.38. The van der Waals surface area contributed by atoms with Gasteiger partial charge in [0.1, 0.15) is 0 Å². The van der Waals surface area contributed by atoms with E-state index in [1.165, 1.54) is 0 Å². The van der Waals surface area contributed by atoms with Crippen molar-refractivity contribution in [3.63, 3.8) is 0 Å². The fourth-order valence-electron chi connectivity index (χ4n) is 3.02. The number of hydrogen-bond acceptors (Lipinski definition) is 7. The number of rotatable bonds is 7. The Balaban J connectivity index is 1.33. The van der Waals surface area contributed by atoms with Gasteiger partial charge in [0.2, 0.25) is 6.79 Å². The molecule has 3 rings (SSSR count). The molecule has 0 unspecified atom stereocenters. The molecule has 144 valence electrons. The van der Waals surface area contributed by atoms with E-state index in [4.69, 9.17) is 18.9 Å². The number of ether oxygens (including phenoxy) is 4. The molecule has 2 aliphatic heterocycles. The minimum absolute atomic E-state index is 0.252. The molecule has 0 radical (unpaired) electrons. The van der Waals surface area contributed by atoms with E-state index >= 15 is 0 Å². The Labute approximate surface area is 153 Å². The number of amides is 1. The van der Waals surface area contributed by atoms with Gasteiger partial charge in [-0.1, -0.05) is 6.07 Å². The van der Waals surface area contributed by atoms with Gasteiger partial charge in [0.25, 0.3) is 0 Å². The summed E-state index contributed by atoms with van der Waals surface area (Å²) in [6.07, 6.45) is -0.835. The lowest BCUT2D eigenvalue weighted by molar-refractivity contribution is 0.00117. The topological polar surface area (TPSA) is 80.7 Å². The van der Waals surface area contributed by atoms with Crippen LogP contribution < -0.4 is 9.47 Å². The highest BCUT2D eigenvalue weighted by Gasteiger charge is 2.23. The standard InChI is InChI=1S/C18H26N2O6/c1-2-24-18(22)20-7-5-19(6-8-20)10-15(21)12-23-11-14-3-4-16-17(9-14)26-13-25-16/h3-4,9,15,21H,2,5-8,10-13H2,1H3/t15-/m1/s1. The van der Waals surface area contributed by atoms with Crippen molar-refractivity contribution in [2.75, 3.05) is 52.7 Å². The summed E-state index contributed by atoms with van der Waals surface area (Å²) in [5, 5.41) is 10.2. The van der Waals surface area contributed by atoms with E-state index in [9.17, 15) is 9.90 Å². The Morgan fingerprint density at radius 3 is 2.77 bits per heavy atom. The van der Waals surface area contributed by atoms with Crippen LogP contribution in [-0.2, 0) is 16.1 Å². The fraction of sp³-hybridized carbons (Fsp3) is 0.611. The molecule has 0 spiro atoms. The second kappa shape index (κ2) is 9.07. The van der Waals surface area contributed by atoms with Crippen LogP contribution in [0.2, 0.25) is 0 Å². The molecule has 2 heterocycles. The molecule has 1 atom stereocenters. The summed E-state index contributed by atoms with van der Waals surface area (Å²) in [6.45, 7) is 6.30. The summed E-state index contributed by atoms with van der Waals surface area (Å²) >= 11 is 0. The Bertz CT molecular complexity index is 603. The maximum absolute atomic E-state index is 11.7. The highest BCUT2D eigenvalue weighted by Crippen LogP contribution is 2.32. The number of carbonyl (C=O) groups excluding carboxylic acids is 1. The van der Waals surface area contributed by atoms with E-state index in [-0.39, 0.29) is 19.5 Å². The van der Waals surface area contributed by atoms with Gasteiger partial charge in [-0.15, -0.1) is 0 Å². The van der Waals surface area contributed by atoms with Gasteiger partial charge in [-0.3, -0.25) is 4.90 Å². The van der Waals surface area contributed by atoms with Crippen LogP contribution in [0, 0.1) is 0 Å². The molecule has 1 fully saturated rings. The van der Waals surface area contributed by atoms with Crippen molar-refractivity contribution in [3.05, 3.63) is 23.8 Å². The average Bonchev–Trinajstić information content (AvgIpc) is 3.10. The molecule has 1 saturated heterocycles. The molecular formula is C18H26N2O6. The van der Waals surface area contributed by atoms with Crippen LogP contribution >= 0.6 is 0 Å². The lowest BCUT2D eigenvalue weighted by atomic mass is 10.2. The van der Waals surface area contributed by atoms with Gasteiger partial charge in [-0.2, -0.15) is 0 Å². The van der Waals surface area contributed by atoms with E-state index in [2.05, 4.69) is 4.90 Å². The normalized spacial score (nSPS) is 18.0. The van der Waals surface area contributed by atoms with Crippen molar-refractivity contribution in [3.8, 4) is 11.5 Å². The fourth-order valence-corrected chi connectivity index (χ4v) is 3.02. The number of aliphatic hydroxyl groups is 1. The van der Waals surface area contributed by atoms with E-state index in [0.29, 0.717) is 32.8 Å². The molecule has 0 aromatic heterocycles. The molecule has 8 nitrogen and oxygen atoms in total. The maximum Gasteiger partial charge on any atom is 0.409 e. The molecule has 0 aliphatic carbocycles. The van der Waals surface area contributed by atoms with Crippen LogP contribution in [-0.4, -0.2) is 79.8 Å². The molecule has 1 aromatic rings. The zero-order valence-electron chi connectivity index (χ0n) is 15.1. The third-order valence-electron chi connectivity index (χ3n) is 4.38. The van der Waals surface area contributed by atoms with Crippen molar-refractivity contribution >= 4 is 6.09 Å². The van der Waals surface area contributed by atoms with Crippen molar-refractivity contribution < 1.29 is 28.8 Å². The summed E-state index contributed by atoms with van der Waals surface area (Å²) in [5.41, 5.74) is 0.976. The first-order chi connectivity index (χ1) is 12.7. The van der Waals surface area contributed by atoms with Gasteiger partial charge in [-0.05, 0) is 24.6 Å². The minimum atomic E-state index is -0.571. The lowest BCUT2D eigenvalue weighted by Gasteiger charge is -2.34. The Hall–Kier alpha value is -2.03. The molecular weight excluding hydrogens is 340 g/mol. The monoisotopic (exact) mass is 366 g/mol. The second-order valence-corrected chi connectivity index (χ2v) is 6.34. The highest BCUT2D eigenvalue weighted by atomic mass is 16.7. The Morgan fingerprint density at radius 2 is 2.00 bits per heavy atom. The number of fused-ring (bicyclic) bond motifs is 1. The van der Waals surface area contributed by atoms with Gasteiger partial charge in [0.15, 0.2) is 11.5 Å². The van der Waals surface area contributed by atoms with Gasteiger partial charge in [-0.25, -0.2) is 4.79 Å². The highest BCUT2D eigenvalue weighted by molar-refractivity contribution is 5.67. The third kappa shape index (κ3) is 5.00. The predicted octanol–water partition coefficient (Wildman–Crippen LogP) is 1.07. The van der Waals surface area contributed by atoms with Crippen molar-refractivity contribution in [1.29, 1.82) is 0 Å². The lowest BCUT2D eigenvalue weighted by Crippen LogP contribution is -2.50. The van der Waals surface area contributed by atoms with Crippen LogP contribution in [0.5, 0.6) is 11.5 Å². The SMILES string of the molecule is CCOC(=O)N1CCN(C[C@@H](O)COCc2ccc3c(c2)OCO3)CC1. The predicted molar refractivity (Wildman–Crippen MR) is 93.3 cm³/mol. The van der Waals surface area contributed by atoms with Crippen molar-refractivity contribution in [2.45, 2.75) is 19.6 Å². The van der Waals surface area contributed by atoms with E-state index in [0.717, 1.165) is 30.2 Å². The van der Waals surface area contributed by atoms with Crippen LogP contribution in [0.4, 0.5) is 4.79 Å². The number of benzene rings is 1. The first-order valence-electron chi connectivity index (χ1n) is 8.94. The zero-order valence-corrected chi connectivity index (χ0v) is 15.1. The molecule has 0 bridgehead atoms. The zero-order chi connectivity index (χ0) is 18.4. The summed E-state index contributed by atoms with van der Waals surface area (Å²) in [6, 6.07) is 5.68. The molecule has 0 saturated carbocycles. The average molecular weight is 366 g/mol. The van der Waals surface area contributed by atoms with Crippen LogP contribution in [0.15, 0.2) is 18.2 Å². The van der Waals surface area contributed by atoms with Crippen LogP contribution in [0.1, 0.15) is 12.5 Å². The van der Waals surface area contributed by atoms with Crippen molar-refractivity contribution in [2.24, 2.45) is 0 Å². The quantitative estimate of drug-likeness (QED) is 0.773. The number of piperazine rings is 1. The number of β-amino-alcohol motifs (C(OH)–C–C–N with tert-alkyl or cyclic N) is 1. The summed E-state index contributed by atoms with van der Waals surface area (Å²) in [7, 11) is 0. The summed E-state index contributed by atoms with van der Waals surface area (Å²) < 4.78 is 21.2. The maximum atomic E-state index is 11.7. The molecule has 1 N–H and O–H groups in total. The summed E-state index contributed by atoms with van der Waals surface area (Å²) in [5.74, 6) is 1.47. The second-order valence-electron chi connectivity index (χ2n) is 6.34. The number of hydrogen-bond donors (Lipinski definition) is 1.